The van der Waals surface area contributed by atoms with E-state index >= 15 is 0 Å². The first-order valence-electron chi connectivity index (χ1n) is 4.37. The third kappa shape index (κ3) is 2.13. The molecule has 0 aliphatic carbocycles. The molecule has 1 aromatic carbocycles. The van der Waals surface area contributed by atoms with E-state index in [1.165, 1.54) is 0 Å². The average Bonchev–Trinajstić information content (AvgIpc) is 2.21. The smallest absolute Gasteiger partial charge is 0.134 e. The van der Waals surface area contributed by atoms with E-state index in [-0.39, 0.29) is 0 Å². The Morgan fingerprint density at radius 3 is 2.43 bits per heavy atom. The number of hydrogen-bond acceptors (Lipinski definition) is 2. The maximum absolute atomic E-state index is 5.60. The molecule has 1 rings (SSSR count). The van der Waals surface area contributed by atoms with Crippen LogP contribution < -0.4 is 5.73 Å². The van der Waals surface area contributed by atoms with Crippen LogP contribution in [0.1, 0.15) is 5.56 Å². The number of rotatable bonds is 2. The molecule has 0 bridgehead atoms. The van der Waals surface area contributed by atoms with Gasteiger partial charge < -0.3 is 10.6 Å². The van der Waals surface area contributed by atoms with E-state index in [0.29, 0.717) is 0 Å². The first kappa shape index (κ1) is 10.3. The molecule has 0 aliphatic rings. The van der Waals surface area contributed by atoms with Crippen molar-refractivity contribution in [1.82, 2.24) is 4.90 Å². The van der Waals surface area contributed by atoms with Crippen LogP contribution in [0.5, 0.6) is 0 Å². The van der Waals surface area contributed by atoms with Gasteiger partial charge in [0.05, 0.1) is 0 Å². The van der Waals surface area contributed by atoms with E-state index in [1.807, 2.05) is 36.2 Å². The van der Waals surface area contributed by atoms with E-state index in [9.17, 15) is 0 Å². The normalized spacial score (nSPS) is 11.1. The second-order valence-corrected chi connectivity index (χ2v) is 2.96. The van der Waals surface area contributed by atoms with Crippen molar-refractivity contribution in [2.45, 2.75) is 0 Å². The van der Waals surface area contributed by atoms with Gasteiger partial charge in [0.15, 0.2) is 0 Å². The molecule has 14 heavy (non-hydrogen) atoms. The van der Waals surface area contributed by atoms with Crippen LogP contribution in [0.25, 0.3) is 0 Å². The fraction of sp³-hybridized carbons (Fsp3) is 0.182. The Kier molecular flexibility index (Phi) is 3.29. The summed E-state index contributed by atoms with van der Waals surface area (Å²) in [6.07, 6.45) is 1.72. The third-order valence-electron chi connectivity index (χ3n) is 1.99. The minimum atomic E-state index is 0.755. The van der Waals surface area contributed by atoms with E-state index in [1.54, 1.807) is 13.2 Å². The van der Waals surface area contributed by atoms with Crippen molar-refractivity contribution in [2.24, 2.45) is 4.99 Å². The monoisotopic (exact) mass is 189 g/mol. The van der Waals surface area contributed by atoms with Gasteiger partial charge in [0.1, 0.15) is 5.84 Å². The zero-order valence-electron chi connectivity index (χ0n) is 8.57. The van der Waals surface area contributed by atoms with Crippen molar-refractivity contribution in [1.29, 1.82) is 0 Å². The third-order valence-corrected chi connectivity index (χ3v) is 1.99. The molecular formula is C11H15N3. The predicted molar refractivity (Wildman–Crippen MR) is 61.3 cm³/mol. The average molecular weight is 189 g/mol. The highest BCUT2D eigenvalue weighted by molar-refractivity contribution is 5.99. The Hall–Kier alpha value is -1.77. The van der Waals surface area contributed by atoms with Crippen molar-refractivity contribution in [3.63, 3.8) is 0 Å². The van der Waals surface area contributed by atoms with Crippen LogP contribution in [-0.2, 0) is 0 Å². The second-order valence-electron chi connectivity index (χ2n) is 2.96. The topological polar surface area (TPSA) is 41.6 Å². The number of amidine groups is 1. The molecule has 0 saturated carbocycles. The van der Waals surface area contributed by atoms with Gasteiger partial charge in [0, 0.05) is 25.3 Å². The molecule has 0 heterocycles. The van der Waals surface area contributed by atoms with E-state index in [0.717, 1.165) is 17.1 Å². The van der Waals surface area contributed by atoms with Crippen LogP contribution in [0, 0.1) is 0 Å². The highest BCUT2D eigenvalue weighted by atomic mass is 15.1. The molecule has 0 aliphatic heterocycles. The van der Waals surface area contributed by atoms with E-state index < -0.39 is 0 Å². The summed E-state index contributed by atoms with van der Waals surface area (Å²) < 4.78 is 0. The lowest BCUT2D eigenvalue weighted by molar-refractivity contribution is 0.690. The summed E-state index contributed by atoms with van der Waals surface area (Å²) in [5, 5.41) is 0. The van der Waals surface area contributed by atoms with Crippen LogP contribution in [0.15, 0.2) is 42.0 Å². The summed E-state index contributed by atoms with van der Waals surface area (Å²) in [5.41, 5.74) is 7.39. The number of nitrogens with zero attached hydrogens (tertiary/aromatic N) is 2. The van der Waals surface area contributed by atoms with Crippen LogP contribution in [0.4, 0.5) is 5.69 Å². The Morgan fingerprint density at radius 2 is 2.00 bits per heavy atom. The van der Waals surface area contributed by atoms with Crippen LogP contribution in [-0.4, -0.2) is 24.8 Å². The largest absolute Gasteiger partial charge is 0.399 e. The van der Waals surface area contributed by atoms with Gasteiger partial charge in [-0.2, -0.15) is 0 Å². The number of nitrogens with two attached hydrogens (primary N) is 1. The Bertz CT molecular complexity index is 338. The fourth-order valence-corrected chi connectivity index (χ4v) is 1.21. The van der Waals surface area contributed by atoms with Gasteiger partial charge in [-0.25, -0.2) is 0 Å². The van der Waals surface area contributed by atoms with Gasteiger partial charge >= 0.3 is 0 Å². The quantitative estimate of drug-likeness (QED) is 0.437. The molecular weight excluding hydrogens is 174 g/mol. The highest BCUT2D eigenvalue weighted by Crippen LogP contribution is 2.08. The van der Waals surface area contributed by atoms with Crippen molar-refractivity contribution >= 4 is 11.5 Å². The predicted octanol–water partition coefficient (Wildman–Crippen LogP) is 1.72. The number of hydrogen-bond donors (Lipinski definition) is 1. The lowest BCUT2D eigenvalue weighted by Gasteiger charge is -2.16. The maximum Gasteiger partial charge on any atom is 0.134 e. The van der Waals surface area contributed by atoms with Gasteiger partial charge in [-0.05, 0) is 30.5 Å². The lowest BCUT2D eigenvalue weighted by Crippen LogP contribution is -2.21. The molecule has 0 aromatic heterocycles. The van der Waals surface area contributed by atoms with E-state index in [2.05, 4.69) is 11.6 Å². The molecule has 74 valence electrons. The number of nitrogen functional groups attached to an aromatic ring is 1. The van der Waals surface area contributed by atoms with Gasteiger partial charge in [-0.1, -0.05) is 6.58 Å². The molecule has 2 N–H and O–H groups in total. The first-order chi connectivity index (χ1) is 6.69. The van der Waals surface area contributed by atoms with Gasteiger partial charge in [-0.3, -0.25) is 4.99 Å². The van der Waals surface area contributed by atoms with Crippen LogP contribution >= 0.6 is 0 Å². The summed E-state index contributed by atoms with van der Waals surface area (Å²) in [7, 11) is 3.66. The standard InChI is InChI=1S/C11H15N3/c1-4-14(3)11(13-2)9-5-7-10(12)8-6-9/h4-8H,1,12H2,2-3H3. The zero-order chi connectivity index (χ0) is 10.6. The highest BCUT2D eigenvalue weighted by Gasteiger charge is 2.04. The van der Waals surface area contributed by atoms with Gasteiger partial charge in [0.25, 0.3) is 0 Å². The molecule has 0 fully saturated rings. The Balaban J connectivity index is 3.02. The SMILES string of the molecule is C=CN(C)C(=NC)c1ccc(N)cc1. The van der Waals surface area contributed by atoms with Crippen molar-refractivity contribution < 1.29 is 0 Å². The minimum Gasteiger partial charge on any atom is -0.399 e. The van der Waals surface area contributed by atoms with Crippen molar-refractivity contribution in [3.8, 4) is 0 Å². The molecule has 0 atom stereocenters. The van der Waals surface area contributed by atoms with Crippen molar-refractivity contribution in [2.75, 3.05) is 19.8 Å². The van der Waals surface area contributed by atoms with Crippen molar-refractivity contribution in [3.05, 3.63) is 42.6 Å². The second kappa shape index (κ2) is 4.46. The summed E-state index contributed by atoms with van der Waals surface area (Å²) in [6, 6.07) is 7.60. The molecule has 0 spiro atoms. The maximum atomic E-state index is 5.60. The van der Waals surface area contributed by atoms with Gasteiger partial charge in [-0.15, -0.1) is 0 Å². The molecule has 3 heteroatoms. The first-order valence-corrected chi connectivity index (χ1v) is 4.37. The zero-order valence-corrected chi connectivity index (χ0v) is 8.57. The van der Waals surface area contributed by atoms with Gasteiger partial charge in [0.2, 0.25) is 0 Å². The molecule has 0 saturated heterocycles. The fourth-order valence-electron chi connectivity index (χ4n) is 1.21. The summed E-state index contributed by atoms with van der Waals surface area (Å²) in [6.45, 7) is 3.69. The summed E-state index contributed by atoms with van der Waals surface area (Å²) >= 11 is 0. The molecule has 0 radical (unpaired) electrons. The van der Waals surface area contributed by atoms with Crippen LogP contribution in [0.3, 0.4) is 0 Å². The van der Waals surface area contributed by atoms with Crippen LogP contribution in [0.2, 0.25) is 0 Å². The lowest BCUT2D eigenvalue weighted by atomic mass is 10.2. The Labute approximate surface area is 84.6 Å². The number of benzene rings is 1. The Morgan fingerprint density at radius 1 is 1.43 bits per heavy atom. The molecule has 0 unspecified atom stereocenters. The molecule has 3 nitrogen and oxygen atoms in total. The van der Waals surface area contributed by atoms with E-state index in [4.69, 9.17) is 5.73 Å². The number of aliphatic imine (C=N–C) groups is 1. The minimum absolute atomic E-state index is 0.755. The number of anilines is 1. The molecule has 1 aromatic rings. The summed E-state index contributed by atoms with van der Waals surface area (Å²) in [4.78, 5) is 6.06. The molecule has 0 amide bonds. The summed E-state index contributed by atoms with van der Waals surface area (Å²) in [5.74, 6) is 0.875.